The summed E-state index contributed by atoms with van der Waals surface area (Å²) in [4.78, 5) is 20.2. The van der Waals surface area contributed by atoms with Crippen LogP contribution in [0.25, 0.3) is 11.5 Å². The highest BCUT2D eigenvalue weighted by atomic mass is 16.5. The van der Waals surface area contributed by atoms with Gasteiger partial charge in [0.2, 0.25) is 17.6 Å². The molecule has 1 aromatic carbocycles. The Kier molecular flexibility index (Phi) is 4.20. The van der Waals surface area contributed by atoms with Crippen molar-refractivity contribution in [3.63, 3.8) is 0 Å². The summed E-state index contributed by atoms with van der Waals surface area (Å²) >= 11 is 0. The second-order valence-corrected chi connectivity index (χ2v) is 4.64. The number of rotatable bonds is 5. The van der Waals surface area contributed by atoms with Gasteiger partial charge in [-0.05, 0) is 24.3 Å². The van der Waals surface area contributed by atoms with Crippen molar-refractivity contribution in [3.05, 3.63) is 60.6 Å². The SMILES string of the molecule is O=C(CCc1nc(-c2ccccn2)no1)Nc1ccccc1. The van der Waals surface area contributed by atoms with E-state index in [0.29, 0.717) is 23.8 Å². The van der Waals surface area contributed by atoms with Gasteiger partial charge in [0.25, 0.3) is 0 Å². The lowest BCUT2D eigenvalue weighted by molar-refractivity contribution is -0.116. The number of anilines is 1. The van der Waals surface area contributed by atoms with Crippen LogP contribution in [0, 0.1) is 0 Å². The minimum atomic E-state index is -0.0937. The summed E-state index contributed by atoms with van der Waals surface area (Å²) < 4.78 is 5.14. The van der Waals surface area contributed by atoms with E-state index < -0.39 is 0 Å². The first kappa shape index (κ1) is 13.9. The van der Waals surface area contributed by atoms with E-state index in [4.69, 9.17) is 4.52 Å². The standard InChI is InChI=1S/C16H14N4O2/c21-14(18-12-6-2-1-3-7-12)9-10-15-19-16(20-22-15)13-8-4-5-11-17-13/h1-8,11H,9-10H2,(H,18,21). The minimum absolute atomic E-state index is 0.0937. The van der Waals surface area contributed by atoms with E-state index in [1.54, 1.807) is 12.3 Å². The van der Waals surface area contributed by atoms with E-state index >= 15 is 0 Å². The molecular formula is C16H14N4O2. The minimum Gasteiger partial charge on any atom is -0.339 e. The summed E-state index contributed by atoms with van der Waals surface area (Å²) in [6.45, 7) is 0. The molecule has 0 fully saturated rings. The fourth-order valence-corrected chi connectivity index (χ4v) is 1.92. The number of aromatic nitrogens is 3. The number of benzene rings is 1. The number of amides is 1. The Morgan fingerprint density at radius 3 is 2.68 bits per heavy atom. The van der Waals surface area contributed by atoms with Gasteiger partial charge in [0.05, 0.1) is 0 Å². The molecule has 2 aromatic heterocycles. The smallest absolute Gasteiger partial charge is 0.227 e. The monoisotopic (exact) mass is 294 g/mol. The fourth-order valence-electron chi connectivity index (χ4n) is 1.92. The maximum atomic E-state index is 11.8. The first-order chi connectivity index (χ1) is 10.8. The van der Waals surface area contributed by atoms with Crippen molar-refractivity contribution in [2.24, 2.45) is 0 Å². The summed E-state index contributed by atoms with van der Waals surface area (Å²) in [5.41, 5.74) is 1.42. The number of aryl methyl sites for hydroxylation is 1. The third kappa shape index (κ3) is 3.54. The fraction of sp³-hybridized carbons (Fsp3) is 0.125. The molecule has 22 heavy (non-hydrogen) atoms. The number of hydrogen-bond acceptors (Lipinski definition) is 5. The number of nitrogens with zero attached hydrogens (tertiary/aromatic N) is 3. The van der Waals surface area contributed by atoms with Crippen molar-refractivity contribution >= 4 is 11.6 Å². The summed E-state index contributed by atoms with van der Waals surface area (Å²) in [6.07, 6.45) is 2.33. The number of nitrogens with one attached hydrogen (secondary N) is 1. The zero-order valence-electron chi connectivity index (χ0n) is 11.8. The molecule has 3 rings (SSSR count). The molecule has 0 saturated heterocycles. The highest BCUT2D eigenvalue weighted by Crippen LogP contribution is 2.13. The molecule has 0 bridgehead atoms. The van der Waals surface area contributed by atoms with Crippen LogP contribution in [0.15, 0.2) is 59.3 Å². The third-order valence-corrected chi connectivity index (χ3v) is 2.99. The van der Waals surface area contributed by atoms with E-state index in [9.17, 15) is 4.79 Å². The molecule has 6 heteroatoms. The lowest BCUT2D eigenvalue weighted by Crippen LogP contribution is -2.12. The maximum absolute atomic E-state index is 11.8. The molecule has 0 aliphatic heterocycles. The molecule has 1 amide bonds. The quantitative estimate of drug-likeness (QED) is 0.782. The predicted octanol–water partition coefficient (Wildman–Crippen LogP) is 2.70. The van der Waals surface area contributed by atoms with Crippen molar-refractivity contribution in [2.45, 2.75) is 12.8 Å². The topological polar surface area (TPSA) is 80.9 Å². The van der Waals surface area contributed by atoms with Crippen LogP contribution >= 0.6 is 0 Å². The van der Waals surface area contributed by atoms with Gasteiger partial charge in [-0.15, -0.1) is 0 Å². The van der Waals surface area contributed by atoms with Crippen LogP contribution in [0.1, 0.15) is 12.3 Å². The number of hydrogen-bond donors (Lipinski definition) is 1. The Labute approximate surface area is 127 Å². The predicted molar refractivity (Wildman–Crippen MR) is 80.9 cm³/mol. The Morgan fingerprint density at radius 2 is 1.91 bits per heavy atom. The van der Waals surface area contributed by atoms with E-state index in [2.05, 4.69) is 20.4 Å². The van der Waals surface area contributed by atoms with Gasteiger partial charge in [0.15, 0.2) is 0 Å². The first-order valence-corrected chi connectivity index (χ1v) is 6.90. The average molecular weight is 294 g/mol. The van der Waals surface area contributed by atoms with Crippen molar-refractivity contribution in [1.82, 2.24) is 15.1 Å². The van der Waals surface area contributed by atoms with Gasteiger partial charge in [0.1, 0.15) is 5.69 Å². The lowest BCUT2D eigenvalue weighted by atomic mass is 10.2. The number of pyridine rings is 1. The van der Waals surface area contributed by atoms with Gasteiger partial charge in [-0.2, -0.15) is 4.98 Å². The Bertz CT molecular complexity index is 741. The van der Waals surface area contributed by atoms with Crippen molar-refractivity contribution < 1.29 is 9.32 Å². The molecule has 0 atom stereocenters. The second kappa shape index (κ2) is 6.62. The Balaban J connectivity index is 1.56. The molecule has 110 valence electrons. The molecule has 2 heterocycles. The molecule has 3 aromatic rings. The summed E-state index contributed by atoms with van der Waals surface area (Å²) in [7, 11) is 0. The molecule has 0 spiro atoms. The van der Waals surface area contributed by atoms with Gasteiger partial charge in [-0.25, -0.2) is 0 Å². The molecule has 0 radical (unpaired) electrons. The largest absolute Gasteiger partial charge is 0.339 e. The molecule has 0 unspecified atom stereocenters. The van der Waals surface area contributed by atoms with Crippen LogP contribution in [0.2, 0.25) is 0 Å². The number of carbonyl (C=O) groups is 1. The zero-order chi connectivity index (χ0) is 15.2. The highest BCUT2D eigenvalue weighted by Gasteiger charge is 2.11. The number of carbonyl (C=O) groups excluding carboxylic acids is 1. The van der Waals surface area contributed by atoms with Crippen LogP contribution in [0.3, 0.4) is 0 Å². The van der Waals surface area contributed by atoms with Gasteiger partial charge in [0, 0.05) is 24.7 Å². The first-order valence-electron chi connectivity index (χ1n) is 6.90. The number of para-hydroxylation sites is 1. The van der Waals surface area contributed by atoms with Gasteiger partial charge in [-0.1, -0.05) is 29.4 Å². The van der Waals surface area contributed by atoms with Crippen LogP contribution in [0.4, 0.5) is 5.69 Å². The van der Waals surface area contributed by atoms with Gasteiger partial charge in [-0.3, -0.25) is 9.78 Å². The molecule has 1 N–H and O–H groups in total. The normalized spacial score (nSPS) is 10.4. The van der Waals surface area contributed by atoms with E-state index in [1.807, 2.05) is 42.5 Å². The molecule has 6 nitrogen and oxygen atoms in total. The maximum Gasteiger partial charge on any atom is 0.227 e. The zero-order valence-corrected chi connectivity index (χ0v) is 11.8. The Hall–Kier alpha value is -3.02. The van der Waals surface area contributed by atoms with Crippen LogP contribution in [-0.4, -0.2) is 21.0 Å². The van der Waals surface area contributed by atoms with Crippen molar-refractivity contribution in [2.75, 3.05) is 5.32 Å². The average Bonchev–Trinajstić information content (AvgIpc) is 3.04. The van der Waals surface area contributed by atoms with Crippen molar-refractivity contribution in [3.8, 4) is 11.5 Å². The second-order valence-electron chi connectivity index (χ2n) is 4.64. The summed E-state index contributed by atoms with van der Waals surface area (Å²) in [6, 6.07) is 14.8. The summed E-state index contributed by atoms with van der Waals surface area (Å²) in [5.74, 6) is 0.756. The van der Waals surface area contributed by atoms with Crippen molar-refractivity contribution in [1.29, 1.82) is 0 Å². The third-order valence-electron chi connectivity index (χ3n) is 2.99. The summed E-state index contributed by atoms with van der Waals surface area (Å²) in [5, 5.41) is 6.68. The van der Waals surface area contributed by atoms with E-state index in [1.165, 1.54) is 0 Å². The van der Waals surface area contributed by atoms with Crippen LogP contribution in [0.5, 0.6) is 0 Å². The lowest BCUT2D eigenvalue weighted by Gasteiger charge is -2.02. The van der Waals surface area contributed by atoms with Gasteiger partial charge < -0.3 is 9.84 Å². The van der Waals surface area contributed by atoms with Gasteiger partial charge >= 0.3 is 0 Å². The highest BCUT2D eigenvalue weighted by molar-refractivity contribution is 5.90. The Morgan fingerprint density at radius 1 is 1.09 bits per heavy atom. The van der Waals surface area contributed by atoms with Crippen LogP contribution in [-0.2, 0) is 11.2 Å². The van der Waals surface area contributed by atoms with Crippen LogP contribution < -0.4 is 5.32 Å². The molecule has 0 aliphatic carbocycles. The molecule has 0 saturated carbocycles. The van der Waals surface area contributed by atoms with E-state index in [0.717, 1.165) is 5.69 Å². The molecular weight excluding hydrogens is 280 g/mol. The molecule has 0 aliphatic rings. The van der Waals surface area contributed by atoms with E-state index in [-0.39, 0.29) is 12.3 Å².